The molecule has 2 rings (SSSR count). The molecule has 0 fully saturated rings. The standard InChI is InChI=1S/C26H37N3O9/c1-23(2,3)36-20(32)27-29(22(34)38-25(7,8)9)26(15-18(30)35-10)16-13-11-12-14-17(16)28(19(26)31)21(33)37-24(4,5)6/h11-14H,15H2,1-10H3,(H,27,32)/t26-/m1/s1. The molecular weight excluding hydrogens is 498 g/mol. The minimum absolute atomic E-state index is 0.0511. The molecule has 1 aromatic carbocycles. The van der Waals surface area contributed by atoms with Crippen LogP contribution in [-0.2, 0) is 34.1 Å². The summed E-state index contributed by atoms with van der Waals surface area (Å²) in [5, 5.41) is 0.578. The molecule has 1 aliphatic heterocycles. The number of nitrogens with one attached hydrogen (secondary N) is 1. The highest BCUT2D eigenvalue weighted by atomic mass is 16.6. The number of nitrogens with zero attached hydrogens (tertiary/aromatic N) is 2. The Labute approximate surface area is 222 Å². The van der Waals surface area contributed by atoms with Crippen molar-refractivity contribution in [1.29, 1.82) is 0 Å². The van der Waals surface area contributed by atoms with Crippen LogP contribution < -0.4 is 10.3 Å². The molecule has 0 saturated heterocycles. The SMILES string of the molecule is COC(=O)C[C@]1(N(NC(=O)OC(C)(C)C)C(=O)OC(C)(C)C)C(=O)N(C(=O)OC(C)(C)C)c2ccccc21. The van der Waals surface area contributed by atoms with Gasteiger partial charge < -0.3 is 18.9 Å². The van der Waals surface area contributed by atoms with E-state index in [-0.39, 0.29) is 11.3 Å². The molecule has 0 unspecified atom stereocenters. The first-order valence-electron chi connectivity index (χ1n) is 12.0. The summed E-state index contributed by atoms with van der Waals surface area (Å²) in [5.74, 6) is -1.95. The molecule has 12 nitrogen and oxygen atoms in total. The van der Waals surface area contributed by atoms with Gasteiger partial charge in [0.2, 0.25) is 0 Å². The molecule has 0 bridgehead atoms. The number of para-hydroxylation sites is 1. The summed E-state index contributed by atoms with van der Waals surface area (Å²) in [6, 6.07) is 6.03. The van der Waals surface area contributed by atoms with Crippen molar-refractivity contribution in [3.8, 4) is 0 Å². The van der Waals surface area contributed by atoms with Crippen molar-refractivity contribution in [3.05, 3.63) is 29.8 Å². The third kappa shape index (κ3) is 6.93. The predicted octanol–water partition coefficient (Wildman–Crippen LogP) is 4.40. The van der Waals surface area contributed by atoms with E-state index in [2.05, 4.69) is 5.43 Å². The highest BCUT2D eigenvalue weighted by Gasteiger charge is 2.61. The second kappa shape index (κ2) is 10.5. The van der Waals surface area contributed by atoms with E-state index in [1.807, 2.05) is 0 Å². The summed E-state index contributed by atoms with van der Waals surface area (Å²) in [4.78, 5) is 67.4. The number of hydrogen-bond donors (Lipinski definition) is 1. The maximum absolute atomic E-state index is 14.2. The van der Waals surface area contributed by atoms with Gasteiger partial charge in [0.05, 0.1) is 19.2 Å². The first-order chi connectivity index (χ1) is 17.2. The zero-order chi connectivity index (χ0) is 29.3. The first kappa shape index (κ1) is 30.4. The van der Waals surface area contributed by atoms with Gasteiger partial charge in [0.15, 0.2) is 5.54 Å². The lowest BCUT2D eigenvalue weighted by atomic mass is 9.87. The van der Waals surface area contributed by atoms with Crippen LogP contribution in [0.25, 0.3) is 0 Å². The van der Waals surface area contributed by atoms with Crippen molar-refractivity contribution >= 4 is 35.8 Å². The Morgan fingerprint density at radius 3 is 1.89 bits per heavy atom. The molecule has 1 atom stereocenters. The Morgan fingerprint density at radius 1 is 0.868 bits per heavy atom. The number of imide groups is 1. The lowest BCUT2D eigenvalue weighted by Crippen LogP contribution is -2.64. The van der Waals surface area contributed by atoms with Gasteiger partial charge in [-0.2, -0.15) is 5.01 Å². The smallest absolute Gasteiger partial charge is 0.430 e. The number of esters is 1. The normalized spacial score (nSPS) is 17.3. The Morgan fingerprint density at radius 2 is 1.39 bits per heavy atom. The summed E-state index contributed by atoms with van der Waals surface area (Å²) in [5.41, 5.74) is -2.92. The van der Waals surface area contributed by atoms with Crippen molar-refractivity contribution in [2.75, 3.05) is 12.0 Å². The van der Waals surface area contributed by atoms with Crippen molar-refractivity contribution < 1.29 is 42.9 Å². The van der Waals surface area contributed by atoms with Crippen LogP contribution in [0, 0.1) is 0 Å². The maximum Gasteiger partial charge on any atom is 0.430 e. The quantitative estimate of drug-likeness (QED) is 0.338. The van der Waals surface area contributed by atoms with Gasteiger partial charge >= 0.3 is 24.2 Å². The van der Waals surface area contributed by atoms with Crippen molar-refractivity contribution in [2.45, 2.75) is 91.1 Å². The second-order valence-corrected chi connectivity index (χ2v) is 11.7. The molecule has 0 aliphatic carbocycles. The summed E-state index contributed by atoms with van der Waals surface area (Å²) < 4.78 is 21.1. The van der Waals surface area contributed by atoms with Crippen molar-refractivity contribution in [3.63, 3.8) is 0 Å². The van der Waals surface area contributed by atoms with Gasteiger partial charge in [-0.3, -0.25) is 9.59 Å². The van der Waals surface area contributed by atoms with E-state index in [9.17, 15) is 24.0 Å². The number of hydrazine groups is 1. The minimum Gasteiger partial charge on any atom is -0.469 e. The van der Waals surface area contributed by atoms with Gasteiger partial charge in [-0.05, 0) is 68.4 Å². The van der Waals surface area contributed by atoms with Crippen molar-refractivity contribution in [1.82, 2.24) is 10.4 Å². The lowest BCUT2D eigenvalue weighted by Gasteiger charge is -2.39. The third-order valence-corrected chi connectivity index (χ3v) is 4.91. The molecule has 38 heavy (non-hydrogen) atoms. The van der Waals surface area contributed by atoms with E-state index in [0.29, 0.717) is 5.01 Å². The van der Waals surface area contributed by atoms with Crippen LogP contribution in [0.5, 0.6) is 0 Å². The molecule has 0 aromatic heterocycles. The van der Waals surface area contributed by atoms with Gasteiger partial charge in [0.25, 0.3) is 5.91 Å². The molecule has 0 saturated carbocycles. The van der Waals surface area contributed by atoms with Gasteiger partial charge in [-0.25, -0.2) is 24.7 Å². The maximum atomic E-state index is 14.2. The summed E-state index contributed by atoms with van der Waals surface area (Å²) in [6.07, 6.45) is -4.09. The average Bonchev–Trinajstić information content (AvgIpc) is 2.96. The zero-order valence-electron chi connectivity index (χ0n) is 23.6. The van der Waals surface area contributed by atoms with E-state index in [0.717, 1.165) is 12.0 Å². The first-order valence-corrected chi connectivity index (χ1v) is 12.0. The van der Waals surface area contributed by atoms with Crippen LogP contribution in [0.2, 0.25) is 0 Å². The largest absolute Gasteiger partial charge is 0.469 e. The van der Waals surface area contributed by atoms with Crippen LogP contribution in [0.3, 0.4) is 0 Å². The van der Waals surface area contributed by atoms with E-state index < -0.39 is 58.9 Å². The molecule has 1 heterocycles. The average molecular weight is 536 g/mol. The fraction of sp³-hybridized carbons (Fsp3) is 0.577. The fourth-order valence-corrected chi connectivity index (χ4v) is 3.66. The number of carbonyl (C=O) groups excluding carboxylic acids is 5. The molecule has 1 aliphatic rings. The van der Waals surface area contributed by atoms with Gasteiger partial charge in [0, 0.05) is 5.56 Å². The van der Waals surface area contributed by atoms with E-state index in [1.54, 1.807) is 74.4 Å². The monoisotopic (exact) mass is 535 g/mol. The molecule has 0 spiro atoms. The predicted molar refractivity (Wildman–Crippen MR) is 136 cm³/mol. The second-order valence-electron chi connectivity index (χ2n) is 11.7. The molecule has 4 amide bonds. The van der Waals surface area contributed by atoms with E-state index in [1.165, 1.54) is 12.1 Å². The number of carbonyl (C=O) groups is 5. The van der Waals surface area contributed by atoms with Crippen LogP contribution in [0.4, 0.5) is 20.1 Å². The number of benzene rings is 1. The molecule has 210 valence electrons. The highest BCUT2D eigenvalue weighted by Crippen LogP contribution is 2.47. The molecule has 12 heteroatoms. The van der Waals surface area contributed by atoms with Crippen LogP contribution in [0.15, 0.2) is 24.3 Å². The number of anilines is 1. The number of methoxy groups -OCH3 is 1. The highest BCUT2D eigenvalue weighted by molar-refractivity contribution is 6.22. The number of hydrogen-bond acceptors (Lipinski definition) is 9. The van der Waals surface area contributed by atoms with Crippen LogP contribution in [-0.4, -0.2) is 59.1 Å². The molecule has 0 radical (unpaired) electrons. The summed E-state index contributed by atoms with van der Waals surface area (Å²) in [6.45, 7) is 14.4. The van der Waals surface area contributed by atoms with E-state index in [4.69, 9.17) is 18.9 Å². The lowest BCUT2D eigenvalue weighted by molar-refractivity contribution is -0.150. The Kier molecular flexibility index (Phi) is 8.40. The number of ether oxygens (including phenoxy) is 4. The molecular formula is C26H37N3O9. The van der Waals surface area contributed by atoms with Crippen LogP contribution >= 0.6 is 0 Å². The number of amides is 4. The third-order valence-electron chi connectivity index (χ3n) is 4.91. The van der Waals surface area contributed by atoms with Gasteiger partial charge in [0.1, 0.15) is 16.8 Å². The van der Waals surface area contributed by atoms with E-state index >= 15 is 0 Å². The van der Waals surface area contributed by atoms with Crippen molar-refractivity contribution in [2.24, 2.45) is 0 Å². The Hall–Kier alpha value is -3.83. The summed E-state index contributed by atoms with van der Waals surface area (Å²) >= 11 is 0. The van der Waals surface area contributed by atoms with Gasteiger partial charge in [-0.15, -0.1) is 0 Å². The topological polar surface area (TPSA) is 141 Å². The Bertz CT molecular complexity index is 1110. The zero-order valence-corrected chi connectivity index (χ0v) is 23.6. The minimum atomic E-state index is -2.29. The fourth-order valence-electron chi connectivity index (χ4n) is 3.66. The Balaban J connectivity index is 2.82. The summed E-state index contributed by atoms with van der Waals surface area (Å²) in [7, 11) is 1.10. The number of fused-ring (bicyclic) bond motifs is 1. The molecule has 1 N–H and O–H groups in total. The van der Waals surface area contributed by atoms with Crippen LogP contribution in [0.1, 0.15) is 74.3 Å². The number of rotatable bonds is 3. The van der Waals surface area contributed by atoms with Gasteiger partial charge in [-0.1, -0.05) is 18.2 Å². The molecule has 1 aromatic rings.